The average Bonchev–Trinajstić information content (AvgIpc) is 2.51. The summed E-state index contributed by atoms with van der Waals surface area (Å²) in [5.74, 6) is -0.286. The summed E-state index contributed by atoms with van der Waals surface area (Å²) in [5.41, 5.74) is 2.53. The lowest BCUT2D eigenvalue weighted by molar-refractivity contribution is -0.122. The zero-order valence-electron chi connectivity index (χ0n) is 14.6. The van der Waals surface area contributed by atoms with Gasteiger partial charge < -0.3 is 5.32 Å². The number of hydrogen-bond acceptors (Lipinski definition) is 1. The number of hydrogen-bond donors (Lipinski definition) is 1. The molecule has 0 bridgehead atoms. The van der Waals surface area contributed by atoms with E-state index in [9.17, 15) is 9.18 Å². The average molecular weight is 382 g/mol. The Kier molecular flexibility index (Phi) is 6.47. The Balaban J connectivity index is 2.19. The van der Waals surface area contributed by atoms with E-state index in [1.165, 1.54) is 12.1 Å². The van der Waals surface area contributed by atoms with Gasteiger partial charge in [0.1, 0.15) is 5.82 Å². The van der Waals surface area contributed by atoms with Crippen molar-refractivity contribution in [3.05, 3.63) is 69.0 Å². The van der Waals surface area contributed by atoms with E-state index >= 15 is 0 Å². The number of benzene rings is 2. The maximum Gasteiger partial charge on any atom is 0.220 e. The molecule has 0 aliphatic heterocycles. The summed E-state index contributed by atoms with van der Waals surface area (Å²) in [6.07, 6.45) is 1.47. The maximum absolute atomic E-state index is 13.1. The van der Waals surface area contributed by atoms with E-state index in [0.29, 0.717) is 29.3 Å². The SMILES string of the molecule is CC(C)(C)NC(=O)CCc1ccc(Cl)c(Cl)c1Cc1ccc(F)cc1. The molecule has 0 heterocycles. The molecule has 2 aromatic rings. The molecule has 0 aliphatic rings. The largest absolute Gasteiger partial charge is 0.351 e. The first-order valence-corrected chi connectivity index (χ1v) is 8.92. The van der Waals surface area contributed by atoms with Crippen molar-refractivity contribution in [1.82, 2.24) is 5.32 Å². The molecule has 0 fully saturated rings. The summed E-state index contributed by atoms with van der Waals surface area (Å²) in [4.78, 5) is 12.1. The van der Waals surface area contributed by atoms with Crippen LogP contribution in [0, 0.1) is 5.82 Å². The van der Waals surface area contributed by atoms with Crippen molar-refractivity contribution in [2.45, 2.75) is 45.6 Å². The Morgan fingerprint density at radius 1 is 1.08 bits per heavy atom. The van der Waals surface area contributed by atoms with Crippen molar-refractivity contribution < 1.29 is 9.18 Å². The second kappa shape index (κ2) is 8.20. The Morgan fingerprint density at radius 2 is 1.72 bits per heavy atom. The van der Waals surface area contributed by atoms with Gasteiger partial charge in [0.05, 0.1) is 10.0 Å². The first-order chi connectivity index (χ1) is 11.7. The third-order valence-corrected chi connectivity index (χ3v) is 4.57. The van der Waals surface area contributed by atoms with Crippen LogP contribution in [0.15, 0.2) is 36.4 Å². The smallest absolute Gasteiger partial charge is 0.220 e. The van der Waals surface area contributed by atoms with Crippen molar-refractivity contribution in [3.63, 3.8) is 0 Å². The molecule has 1 N–H and O–H groups in total. The quantitative estimate of drug-likeness (QED) is 0.720. The van der Waals surface area contributed by atoms with Gasteiger partial charge in [0.15, 0.2) is 0 Å². The monoisotopic (exact) mass is 381 g/mol. The number of amides is 1. The second-order valence-corrected chi connectivity index (χ2v) is 7.89. The van der Waals surface area contributed by atoms with Gasteiger partial charge in [-0.3, -0.25) is 4.79 Å². The summed E-state index contributed by atoms with van der Waals surface area (Å²) >= 11 is 12.6. The van der Waals surface area contributed by atoms with E-state index in [-0.39, 0.29) is 17.3 Å². The van der Waals surface area contributed by atoms with E-state index < -0.39 is 0 Å². The molecule has 2 rings (SSSR count). The summed E-state index contributed by atoms with van der Waals surface area (Å²) in [6.45, 7) is 5.85. The van der Waals surface area contributed by atoms with Crippen LogP contribution in [0.25, 0.3) is 0 Å². The predicted molar refractivity (Wildman–Crippen MR) is 102 cm³/mol. The molecule has 0 saturated carbocycles. The predicted octanol–water partition coefficient (Wildman–Crippen LogP) is 5.57. The van der Waals surface area contributed by atoms with Gasteiger partial charge in [-0.25, -0.2) is 4.39 Å². The highest BCUT2D eigenvalue weighted by molar-refractivity contribution is 6.42. The molecule has 2 aromatic carbocycles. The van der Waals surface area contributed by atoms with E-state index in [1.54, 1.807) is 18.2 Å². The van der Waals surface area contributed by atoms with E-state index in [4.69, 9.17) is 23.2 Å². The number of halogens is 3. The molecule has 134 valence electrons. The van der Waals surface area contributed by atoms with Gasteiger partial charge in [0.2, 0.25) is 5.91 Å². The van der Waals surface area contributed by atoms with Crippen LogP contribution in [0.2, 0.25) is 10.0 Å². The van der Waals surface area contributed by atoms with Crippen LogP contribution in [0.5, 0.6) is 0 Å². The highest BCUT2D eigenvalue weighted by Crippen LogP contribution is 2.31. The summed E-state index contributed by atoms with van der Waals surface area (Å²) < 4.78 is 13.1. The Labute approximate surface area is 158 Å². The standard InChI is InChI=1S/C20H22Cl2FNO/c1-20(2,3)24-18(25)11-7-14-6-10-17(21)19(22)16(14)12-13-4-8-15(23)9-5-13/h4-6,8-10H,7,11-12H2,1-3H3,(H,24,25). The van der Waals surface area contributed by atoms with Crippen molar-refractivity contribution in [2.75, 3.05) is 0 Å². The van der Waals surface area contributed by atoms with Crippen molar-refractivity contribution in [2.24, 2.45) is 0 Å². The van der Waals surface area contributed by atoms with Crippen LogP contribution in [0.1, 0.15) is 43.9 Å². The molecule has 0 radical (unpaired) electrons. The zero-order valence-corrected chi connectivity index (χ0v) is 16.1. The number of nitrogens with one attached hydrogen (secondary N) is 1. The highest BCUT2D eigenvalue weighted by atomic mass is 35.5. The van der Waals surface area contributed by atoms with Gasteiger partial charge in [-0.15, -0.1) is 0 Å². The normalized spacial score (nSPS) is 11.4. The van der Waals surface area contributed by atoms with Crippen molar-refractivity contribution in [3.8, 4) is 0 Å². The van der Waals surface area contributed by atoms with Gasteiger partial charge in [-0.1, -0.05) is 41.4 Å². The highest BCUT2D eigenvalue weighted by Gasteiger charge is 2.16. The van der Waals surface area contributed by atoms with Gasteiger partial charge in [0, 0.05) is 12.0 Å². The molecule has 0 aromatic heterocycles. The lowest BCUT2D eigenvalue weighted by Gasteiger charge is -2.21. The topological polar surface area (TPSA) is 29.1 Å². The third-order valence-electron chi connectivity index (χ3n) is 3.72. The minimum Gasteiger partial charge on any atom is -0.351 e. The van der Waals surface area contributed by atoms with Crippen LogP contribution in [-0.2, 0) is 17.6 Å². The molecule has 0 spiro atoms. The second-order valence-electron chi connectivity index (χ2n) is 7.10. The fourth-order valence-corrected chi connectivity index (χ4v) is 3.02. The third kappa shape index (κ3) is 6.02. The fourth-order valence-electron chi connectivity index (χ4n) is 2.59. The first kappa shape index (κ1) is 19.7. The van der Waals surface area contributed by atoms with Gasteiger partial charge in [0.25, 0.3) is 0 Å². The summed E-state index contributed by atoms with van der Waals surface area (Å²) in [5, 5.41) is 3.91. The van der Waals surface area contributed by atoms with Crippen LogP contribution < -0.4 is 5.32 Å². The molecule has 1 amide bonds. The van der Waals surface area contributed by atoms with Gasteiger partial charge in [-0.2, -0.15) is 0 Å². The zero-order chi connectivity index (χ0) is 18.6. The molecule has 0 unspecified atom stereocenters. The Morgan fingerprint density at radius 3 is 2.32 bits per heavy atom. The molecule has 5 heteroatoms. The van der Waals surface area contributed by atoms with Gasteiger partial charge in [-0.05, 0) is 68.5 Å². The molecule has 0 saturated heterocycles. The minimum absolute atomic E-state index is 0.00805. The molecule has 0 aliphatic carbocycles. The lowest BCUT2D eigenvalue weighted by atomic mass is 9.96. The molecule has 2 nitrogen and oxygen atoms in total. The molecular weight excluding hydrogens is 360 g/mol. The number of carbonyl (C=O) groups excluding carboxylic acids is 1. The van der Waals surface area contributed by atoms with E-state index in [1.807, 2.05) is 26.8 Å². The lowest BCUT2D eigenvalue weighted by Crippen LogP contribution is -2.40. The van der Waals surface area contributed by atoms with Crippen LogP contribution in [-0.4, -0.2) is 11.4 Å². The number of carbonyl (C=O) groups is 1. The minimum atomic E-state index is -0.278. The molecule has 0 atom stereocenters. The number of aryl methyl sites for hydroxylation is 1. The van der Waals surface area contributed by atoms with Crippen molar-refractivity contribution >= 4 is 29.1 Å². The Hall–Kier alpha value is -1.58. The first-order valence-electron chi connectivity index (χ1n) is 8.17. The van der Waals surface area contributed by atoms with E-state index in [2.05, 4.69) is 5.32 Å². The van der Waals surface area contributed by atoms with Crippen LogP contribution in [0.3, 0.4) is 0 Å². The van der Waals surface area contributed by atoms with E-state index in [0.717, 1.165) is 16.7 Å². The summed E-state index contributed by atoms with van der Waals surface area (Å²) in [6, 6.07) is 9.94. The van der Waals surface area contributed by atoms with Crippen molar-refractivity contribution in [1.29, 1.82) is 0 Å². The molecular formula is C20H22Cl2FNO. The van der Waals surface area contributed by atoms with Crippen LogP contribution >= 0.6 is 23.2 Å². The Bertz CT molecular complexity index is 752. The fraction of sp³-hybridized carbons (Fsp3) is 0.350. The molecule has 25 heavy (non-hydrogen) atoms. The number of rotatable bonds is 5. The van der Waals surface area contributed by atoms with Crippen LogP contribution in [0.4, 0.5) is 4.39 Å². The van der Waals surface area contributed by atoms with Gasteiger partial charge >= 0.3 is 0 Å². The maximum atomic E-state index is 13.1. The summed E-state index contributed by atoms with van der Waals surface area (Å²) in [7, 11) is 0.